The van der Waals surface area contributed by atoms with E-state index in [9.17, 15) is 18.0 Å². The number of rotatable bonds is 10. The second-order valence-corrected chi connectivity index (χ2v) is 16.5. The van der Waals surface area contributed by atoms with Crippen LogP contribution in [0.3, 0.4) is 0 Å². The Morgan fingerprint density at radius 2 is 1.80 bits per heavy atom. The summed E-state index contributed by atoms with van der Waals surface area (Å²) in [6.45, 7) is 15.3. The zero-order valence-electron chi connectivity index (χ0n) is 32.5. The van der Waals surface area contributed by atoms with E-state index in [-0.39, 0.29) is 40.0 Å². The third-order valence-corrected chi connectivity index (χ3v) is 11.2. The Balaban J connectivity index is 1.31. The van der Waals surface area contributed by atoms with Crippen LogP contribution < -0.4 is 14.4 Å². The van der Waals surface area contributed by atoms with E-state index in [1.54, 1.807) is 18.1 Å². The van der Waals surface area contributed by atoms with Gasteiger partial charge in [-0.1, -0.05) is 30.3 Å². The molecular formula is C40H49ClF3N7O5. The molecule has 56 heavy (non-hydrogen) atoms. The summed E-state index contributed by atoms with van der Waals surface area (Å²) >= 11 is 6.63. The van der Waals surface area contributed by atoms with Gasteiger partial charge in [-0.2, -0.15) is 28.2 Å². The van der Waals surface area contributed by atoms with Crippen molar-refractivity contribution in [1.29, 1.82) is 0 Å². The smallest absolute Gasteiger partial charge is 0.422 e. The van der Waals surface area contributed by atoms with Gasteiger partial charge in [0.2, 0.25) is 0 Å². The third-order valence-electron chi connectivity index (χ3n) is 10.9. The van der Waals surface area contributed by atoms with Crippen LogP contribution in [0, 0.1) is 12.3 Å². The number of anilines is 1. The molecular weight excluding hydrogens is 751 g/mol. The number of nitrogens with zero attached hydrogens (tertiary/aromatic N) is 6. The lowest BCUT2D eigenvalue weighted by Gasteiger charge is -2.53. The number of aromatic amines is 1. The molecule has 3 saturated heterocycles. The van der Waals surface area contributed by atoms with Crippen molar-refractivity contribution in [1.82, 2.24) is 30.0 Å². The maximum atomic E-state index is 14.1. The first-order valence-electron chi connectivity index (χ1n) is 19.0. The fourth-order valence-electron chi connectivity index (χ4n) is 8.08. The van der Waals surface area contributed by atoms with Crippen LogP contribution in [0.4, 0.5) is 23.8 Å². The van der Waals surface area contributed by atoms with E-state index < -0.39 is 18.4 Å². The number of ether oxygens (including phenoxy) is 4. The predicted octanol–water partition coefficient (Wildman–Crippen LogP) is 8.05. The number of fused-ring (bicyclic) bond motifs is 2. The Morgan fingerprint density at radius 3 is 2.45 bits per heavy atom. The summed E-state index contributed by atoms with van der Waals surface area (Å²) in [4.78, 5) is 28.8. The molecule has 3 aliphatic heterocycles. The monoisotopic (exact) mass is 799 g/mol. The largest absolute Gasteiger partial charge is 0.481 e. The highest BCUT2D eigenvalue weighted by Crippen LogP contribution is 2.49. The van der Waals surface area contributed by atoms with Crippen molar-refractivity contribution < 1.29 is 36.9 Å². The van der Waals surface area contributed by atoms with Crippen LogP contribution in [0.5, 0.6) is 11.8 Å². The number of hydrogen-bond donors (Lipinski definition) is 1. The molecule has 5 heterocycles. The number of carbonyl (C=O) groups is 1. The van der Waals surface area contributed by atoms with Crippen molar-refractivity contribution >= 4 is 51.4 Å². The Morgan fingerprint density at radius 1 is 1.09 bits per heavy atom. The highest BCUT2D eigenvalue weighted by atomic mass is 35.5. The molecule has 0 bridgehead atoms. The zero-order chi connectivity index (χ0) is 40.0. The maximum Gasteiger partial charge on any atom is 0.422 e. The molecule has 2 aromatic heterocycles. The minimum atomic E-state index is -4.65. The number of aryl methyl sites for hydroxylation is 1. The van der Waals surface area contributed by atoms with Crippen molar-refractivity contribution in [3.05, 3.63) is 41.1 Å². The fourth-order valence-corrected chi connectivity index (χ4v) is 8.32. The summed E-state index contributed by atoms with van der Waals surface area (Å²) in [6, 6.07) is 5.59. The van der Waals surface area contributed by atoms with Gasteiger partial charge in [0.05, 0.1) is 12.1 Å². The van der Waals surface area contributed by atoms with Crippen LogP contribution in [0.25, 0.3) is 39.0 Å². The van der Waals surface area contributed by atoms with Crippen LogP contribution in [-0.4, -0.2) is 120 Å². The number of carbonyl (C=O) groups excluding carboxylic acids is 1. The maximum absolute atomic E-state index is 14.1. The van der Waals surface area contributed by atoms with Crippen LogP contribution in [0.2, 0.25) is 5.15 Å². The zero-order valence-corrected chi connectivity index (χ0v) is 33.3. The fraction of sp³-hybridized carbons (Fsp3) is 0.550. The molecule has 2 aromatic carbocycles. The van der Waals surface area contributed by atoms with Gasteiger partial charge in [0.25, 0.3) is 0 Å². The predicted molar refractivity (Wildman–Crippen MR) is 210 cm³/mol. The molecule has 16 heteroatoms. The number of methoxy groups -OCH3 is 1. The summed E-state index contributed by atoms with van der Waals surface area (Å²) < 4.78 is 65.3. The van der Waals surface area contributed by atoms with Gasteiger partial charge in [0, 0.05) is 80.2 Å². The van der Waals surface area contributed by atoms with Gasteiger partial charge in [0.1, 0.15) is 23.0 Å². The minimum Gasteiger partial charge on any atom is -0.481 e. The summed E-state index contributed by atoms with van der Waals surface area (Å²) in [5.74, 6) is 0.453. The number of aromatic nitrogens is 4. The number of benzene rings is 2. The summed E-state index contributed by atoms with van der Waals surface area (Å²) in [5, 5.41) is 8.31. The average molecular weight is 800 g/mol. The lowest BCUT2D eigenvalue weighted by atomic mass is 9.72. The molecule has 0 atom stereocenters. The first-order valence-corrected chi connectivity index (χ1v) is 19.4. The third kappa shape index (κ3) is 8.35. The standard InChI is InChI=1S/C40H49ClF3N7O5/c1-7-25-20-27-32(33(54-23-40(42,43)44)30(25)29-24(2)8-9-28-31(29)34(41)48-47-28)45-36(55-26-10-14-49(15-11-26)18-19-53-6)46-35(27)50-16-12-39(13-17-50)21-51(22-39)37(52)56-38(3,4)5/h7-9,20,26H,1,10-19,21-23H2,2-6H3,(H,47,48). The van der Waals surface area contributed by atoms with Crippen molar-refractivity contribution in [3.8, 4) is 22.9 Å². The average Bonchev–Trinajstić information content (AvgIpc) is 3.51. The summed E-state index contributed by atoms with van der Waals surface area (Å²) in [5.41, 5.74) is 2.33. The Hall–Kier alpha value is -4.34. The number of nitrogens with one attached hydrogen (secondary N) is 1. The van der Waals surface area contributed by atoms with Crippen molar-refractivity contribution in [2.45, 2.75) is 71.3 Å². The highest BCUT2D eigenvalue weighted by molar-refractivity contribution is 6.35. The number of H-pyrrole nitrogens is 1. The van der Waals surface area contributed by atoms with Crippen LogP contribution in [-0.2, 0) is 9.47 Å². The van der Waals surface area contributed by atoms with Gasteiger partial charge < -0.3 is 33.6 Å². The lowest BCUT2D eigenvalue weighted by molar-refractivity contribution is -0.153. The van der Waals surface area contributed by atoms with Crippen LogP contribution in [0.15, 0.2) is 24.8 Å². The van der Waals surface area contributed by atoms with E-state index in [4.69, 9.17) is 40.5 Å². The molecule has 1 amide bonds. The Kier molecular flexibility index (Phi) is 11.1. The van der Waals surface area contributed by atoms with E-state index in [1.165, 1.54) is 0 Å². The first kappa shape index (κ1) is 39.9. The molecule has 302 valence electrons. The molecule has 3 aliphatic rings. The van der Waals surface area contributed by atoms with E-state index in [0.29, 0.717) is 71.6 Å². The van der Waals surface area contributed by atoms with Gasteiger partial charge in [-0.25, -0.2) is 4.79 Å². The number of amides is 1. The van der Waals surface area contributed by atoms with E-state index >= 15 is 0 Å². The number of hydrogen-bond acceptors (Lipinski definition) is 10. The topological polar surface area (TPSA) is 118 Å². The van der Waals surface area contributed by atoms with Crippen molar-refractivity contribution in [3.63, 3.8) is 0 Å². The van der Waals surface area contributed by atoms with Gasteiger partial charge >= 0.3 is 18.3 Å². The molecule has 1 N–H and O–H groups in total. The second kappa shape index (κ2) is 15.5. The molecule has 12 nitrogen and oxygen atoms in total. The number of halogens is 4. The Labute approximate surface area is 329 Å². The van der Waals surface area contributed by atoms with Crippen LogP contribution >= 0.6 is 11.6 Å². The second-order valence-electron chi connectivity index (χ2n) is 16.2. The molecule has 4 aromatic rings. The van der Waals surface area contributed by atoms with E-state index in [2.05, 4.69) is 26.6 Å². The van der Waals surface area contributed by atoms with Gasteiger partial charge in [-0.05, 0) is 76.6 Å². The molecule has 0 unspecified atom stereocenters. The number of piperidine rings is 2. The number of alkyl halides is 3. The molecule has 3 fully saturated rings. The molecule has 0 saturated carbocycles. The van der Waals surface area contributed by atoms with E-state index in [1.807, 2.05) is 45.9 Å². The lowest BCUT2D eigenvalue weighted by Crippen LogP contribution is -2.62. The van der Waals surface area contributed by atoms with E-state index in [0.717, 1.165) is 50.9 Å². The SMILES string of the molecule is C=Cc1cc2c(N3CCC4(CC3)CN(C(=O)OC(C)(C)C)C4)nc(OC3CCN(CCOC)CC3)nc2c(OCC(F)(F)F)c1-c1c(C)ccc2[nH]nc(Cl)c12. The van der Waals surface area contributed by atoms with Crippen molar-refractivity contribution in [2.24, 2.45) is 5.41 Å². The normalized spacial score (nSPS) is 18.1. The molecule has 0 aliphatic carbocycles. The summed E-state index contributed by atoms with van der Waals surface area (Å²) in [7, 11) is 1.68. The number of likely N-dealkylation sites (tertiary alicyclic amines) is 2. The molecule has 7 rings (SSSR count). The first-order chi connectivity index (χ1) is 26.6. The van der Waals surface area contributed by atoms with Crippen LogP contribution in [0.1, 0.15) is 57.6 Å². The molecule has 1 spiro atoms. The summed E-state index contributed by atoms with van der Waals surface area (Å²) in [6.07, 6.45) is -0.581. The van der Waals surface area contributed by atoms with Gasteiger partial charge in [-0.15, -0.1) is 0 Å². The van der Waals surface area contributed by atoms with Crippen molar-refractivity contribution in [2.75, 3.05) is 71.0 Å². The quantitative estimate of drug-likeness (QED) is 0.169. The van der Waals surface area contributed by atoms with Gasteiger partial charge in [-0.3, -0.25) is 5.10 Å². The van der Waals surface area contributed by atoms with Gasteiger partial charge in [0.15, 0.2) is 17.5 Å². The molecule has 0 radical (unpaired) electrons. The highest BCUT2D eigenvalue weighted by Gasteiger charge is 2.48. The minimum absolute atomic E-state index is 0.0626. The Bertz CT molecular complexity index is 2100.